The number of aromatic carboxylic acids is 2. The Labute approximate surface area is 291 Å². The van der Waals surface area contributed by atoms with Gasteiger partial charge in [-0.25, -0.2) is 9.59 Å². The lowest BCUT2D eigenvalue weighted by Crippen LogP contribution is -2.34. The van der Waals surface area contributed by atoms with Crippen molar-refractivity contribution >= 4 is 11.9 Å². The molecule has 0 fully saturated rings. The molecule has 5 heteroatoms. The fraction of sp³-hybridized carbons (Fsp3) is 0.409. The summed E-state index contributed by atoms with van der Waals surface area (Å²) in [6, 6.07) is 27.4. The van der Waals surface area contributed by atoms with Crippen LogP contribution in [-0.4, -0.2) is 22.2 Å². The summed E-state index contributed by atoms with van der Waals surface area (Å²) in [4.78, 5) is 23.6. The largest absolute Gasteiger partial charge is 0.478 e. The van der Waals surface area contributed by atoms with E-state index in [0.29, 0.717) is 0 Å². The third-order valence-corrected chi connectivity index (χ3v) is 11.6. The van der Waals surface area contributed by atoms with Crippen molar-refractivity contribution < 1.29 is 24.5 Å². The molecule has 6 rings (SSSR count). The van der Waals surface area contributed by atoms with Gasteiger partial charge in [-0.1, -0.05) is 116 Å². The van der Waals surface area contributed by atoms with Gasteiger partial charge in [0.05, 0.1) is 11.1 Å². The van der Waals surface area contributed by atoms with Crippen molar-refractivity contribution in [2.75, 3.05) is 0 Å². The first-order valence-electron chi connectivity index (χ1n) is 17.5. The smallest absolute Gasteiger partial charge is 0.335 e. The minimum Gasteiger partial charge on any atom is -0.478 e. The quantitative estimate of drug-likeness (QED) is 0.197. The predicted molar refractivity (Wildman–Crippen MR) is 195 cm³/mol. The molecule has 0 aliphatic heterocycles. The normalized spacial score (nSPS) is 19.6. The molecule has 0 spiro atoms. The van der Waals surface area contributed by atoms with Gasteiger partial charge >= 0.3 is 11.9 Å². The molecule has 49 heavy (non-hydrogen) atoms. The molecule has 5 nitrogen and oxygen atoms in total. The van der Waals surface area contributed by atoms with Gasteiger partial charge in [-0.15, -0.1) is 0 Å². The van der Waals surface area contributed by atoms with Crippen LogP contribution in [0.1, 0.15) is 159 Å². The van der Waals surface area contributed by atoms with Crippen molar-refractivity contribution in [1.29, 1.82) is 0 Å². The summed E-state index contributed by atoms with van der Waals surface area (Å²) in [5.74, 6) is -1.95. The molecule has 256 valence electrons. The molecule has 0 radical (unpaired) electrons. The lowest BCUT2D eigenvalue weighted by Gasteiger charge is -2.42. The second kappa shape index (κ2) is 12.3. The van der Waals surface area contributed by atoms with E-state index in [0.717, 1.165) is 47.9 Å². The van der Waals surface area contributed by atoms with Crippen LogP contribution in [0.3, 0.4) is 0 Å². The molecule has 4 aromatic carbocycles. The standard InChI is InChI=1S/C44H50O5/c1-41(2)21-23-43(5,6)35-25-31(17-19-33(35)41)37(27-9-13-29(14-10-27)39(45)46)49-38(28-11-15-30(16-12-28)40(47)48)32-18-20-34-36(26-32)44(7,8)24-22-42(34,3)4/h9-20,25-26,37-38H,21-24H2,1-8H3,(H,45,46)(H,47,48). The number of hydrogen-bond acceptors (Lipinski definition) is 3. The van der Waals surface area contributed by atoms with Gasteiger partial charge in [-0.3, -0.25) is 0 Å². The average molecular weight is 659 g/mol. The molecule has 0 saturated heterocycles. The zero-order chi connectivity index (χ0) is 35.5. The highest BCUT2D eigenvalue weighted by atomic mass is 16.5. The first-order chi connectivity index (χ1) is 22.9. The van der Waals surface area contributed by atoms with E-state index in [9.17, 15) is 19.8 Å². The molecule has 2 N–H and O–H groups in total. The van der Waals surface area contributed by atoms with Crippen molar-refractivity contribution in [3.8, 4) is 0 Å². The molecule has 2 atom stereocenters. The molecule has 0 amide bonds. The van der Waals surface area contributed by atoms with Gasteiger partial charge in [0, 0.05) is 0 Å². The van der Waals surface area contributed by atoms with Crippen LogP contribution in [0.5, 0.6) is 0 Å². The molecular weight excluding hydrogens is 608 g/mol. The van der Waals surface area contributed by atoms with Gasteiger partial charge in [0.1, 0.15) is 12.2 Å². The van der Waals surface area contributed by atoms with E-state index in [2.05, 4.69) is 91.8 Å². The molecule has 0 heterocycles. The number of hydrogen-bond donors (Lipinski definition) is 2. The number of rotatable bonds is 8. The van der Waals surface area contributed by atoms with E-state index < -0.39 is 24.1 Å². The lowest BCUT2D eigenvalue weighted by atomic mass is 9.63. The summed E-state index contributed by atoms with van der Waals surface area (Å²) in [7, 11) is 0. The Balaban J connectivity index is 1.54. The van der Waals surface area contributed by atoms with Crippen molar-refractivity contribution in [3.05, 3.63) is 141 Å². The highest BCUT2D eigenvalue weighted by molar-refractivity contribution is 5.88. The number of ether oxygens (including phenoxy) is 1. The van der Waals surface area contributed by atoms with Crippen LogP contribution in [0.15, 0.2) is 84.9 Å². The zero-order valence-corrected chi connectivity index (χ0v) is 30.2. The van der Waals surface area contributed by atoms with Crippen LogP contribution in [0.25, 0.3) is 0 Å². The molecule has 4 aromatic rings. The Bertz CT molecular complexity index is 1750. The van der Waals surface area contributed by atoms with E-state index in [4.69, 9.17) is 4.74 Å². The number of fused-ring (bicyclic) bond motifs is 2. The van der Waals surface area contributed by atoms with Crippen molar-refractivity contribution in [3.63, 3.8) is 0 Å². The van der Waals surface area contributed by atoms with Crippen LogP contribution in [-0.2, 0) is 26.4 Å². The van der Waals surface area contributed by atoms with Crippen LogP contribution in [0, 0.1) is 0 Å². The maximum atomic E-state index is 11.8. The maximum absolute atomic E-state index is 11.8. The van der Waals surface area contributed by atoms with Crippen molar-refractivity contribution in [2.45, 2.75) is 115 Å². The third kappa shape index (κ3) is 6.58. The summed E-state index contributed by atoms with van der Waals surface area (Å²) in [5.41, 5.74) is 9.57. The Morgan fingerprint density at radius 3 is 1.06 bits per heavy atom. The van der Waals surface area contributed by atoms with E-state index in [1.54, 1.807) is 24.3 Å². The van der Waals surface area contributed by atoms with E-state index in [1.165, 1.54) is 22.3 Å². The zero-order valence-electron chi connectivity index (χ0n) is 30.2. The van der Waals surface area contributed by atoms with Crippen LogP contribution in [0.4, 0.5) is 0 Å². The van der Waals surface area contributed by atoms with Crippen molar-refractivity contribution in [1.82, 2.24) is 0 Å². The Morgan fingerprint density at radius 2 is 0.755 bits per heavy atom. The van der Waals surface area contributed by atoms with Crippen LogP contribution < -0.4 is 0 Å². The van der Waals surface area contributed by atoms with Gasteiger partial charge in [-0.2, -0.15) is 0 Å². The minimum atomic E-state index is -0.974. The van der Waals surface area contributed by atoms with E-state index in [-0.39, 0.29) is 32.8 Å². The highest BCUT2D eigenvalue weighted by Gasteiger charge is 2.39. The summed E-state index contributed by atoms with van der Waals surface area (Å²) >= 11 is 0. The van der Waals surface area contributed by atoms with E-state index >= 15 is 0 Å². The fourth-order valence-corrected chi connectivity index (χ4v) is 7.97. The Morgan fingerprint density at radius 1 is 0.469 bits per heavy atom. The highest BCUT2D eigenvalue weighted by Crippen LogP contribution is 2.49. The van der Waals surface area contributed by atoms with Crippen LogP contribution >= 0.6 is 0 Å². The molecular formula is C44H50O5. The molecule has 0 aromatic heterocycles. The molecule has 0 bridgehead atoms. The van der Waals surface area contributed by atoms with Gasteiger partial charge < -0.3 is 14.9 Å². The Hall–Kier alpha value is -4.22. The van der Waals surface area contributed by atoms with Gasteiger partial charge in [0.2, 0.25) is 0 Å². The predicted octanol–water partition coefficient (Wildman–Crippen LogP) is 10.7. The van der Waals surface area contributed by atoms with Gasteiger partial charge in [0.15, 0.2) is 0 Å². The summed E-state index contributed by atoms with van der Waals surface area (Å²) < 4.78 is 7.32. The molecule has 2 aliphatic rings. The van der Waals surface area contributed by atoms with Crippen molar-refractivity contribution in [2.24, 2.45) is 0 Å². The lowest BCUT2D eigenvalue weighted by molar-refractivity contribution is 0.0305. The number of carbonyl (C=O) groups is 2. The first-order valence-corrected chi connectivity index (χ1v) is 17.5. The van der Waals surface area contributed by atoms with Gasteiger partial charge in [0.25, 0.3) is 0 Å². The Kier molecular flexibility index (Phi) is 8.68. The second-order valence-corrected chi connectivity index (χ2v) is 16.9. The molecule has 0 saturated carbocycles. The average Bonchev–Trinajstić information content (AvgIpc) is 3.06. The summed E-state index contributed by atoms with van der Waals surface area (Å²) in [6.07, 6.45) is 3.33. The second-order valence-electron chi connectivity index (χ2n) is 16.9. The van der Waals surface area contributed by atoms with Crippen LogP contribution in [0.2, 0.25) is 0 Å². The monoisotopic (exact) mass is 658 g/mol. The number of carboxylic acids is 2. The number of carboxylic acid groups (broad SMARTS) is 2. The SMILES string of the molecule is CC1(C)CCC(C)(C)c2cc(C(OC(c3ccc(C(=O)O)cc3)c3ccc4c(c3)C(C)(C)CCC4(C)C)c3ccc(C(=O)O)cc3)ccc21. The summed E-state index contributed by atoms with van der Waals surface area (Å²) in [5, 5.41) is 19.4. The molecule has 2 aliphatic carbocycles. The van der Waals surface area contributed by atoms with Gasteiger partial charge in [-0.05, 0) is 116 Å². The summed E-state index contributed by atoms with van der Waals surface area (Å²) in [6.45, 7) is 18.5. The fourth-order valence-electron chi connectivity index (χ4n) is 7.97. The third-order valence-electron chi connectivity index (χ3n) is 11.6. The van der Waals surface area contributed by atoms with E-state index in [1.807, 2.05) is 24.3 Å². The first kappa shape index (κ1) is 34.6. The maximum Gasteiger partial charge on any atom is 0.335 e. The number of benzene rings is 4. The molecule has 2 unspecified atom stereocenters. The topological polar surface area (TPSA) is 83.8 Å². The minimum absolute atomic E-state index is 0.0124.